The van der Waals surface area contributed by atoms with Crippen molar-refractivity contribution in [3.05, 3.63) is 29.8 Å². The number of nitrogens with one attached hydrogen (secondary N) is 2. The quantitative estimate of drug-likeness (QED) is 0.829. The lowest BCUT2D eigenvalue weighted by molar-refractivity contribution is -0.115. The van der Waals surface area contributed by atoms with E-state index in [-0.39, 0.29) is 0 Å². The van der Waals surface area contributed by atoms with Crippen molar-refractivity contribution in [1.82, 2.24) is 5.32 Å². The van der Waals surface area contributed by atoms with Crippen molar-refractivity contribution in [2.24, 2.45) is 0 Å². The molecule has 2 N–H and O–H groups in total. The number of anilines is 1. The molecule has 5 nitrogen and oxygen atoms in total. The Hall–Kier alpha value is -1.40. The predicted octanol–water partition coefficient (Wildman–Crippen LogP) is 0.778. The molecule has 0 saturated heterocycles. The Bertz CT molecular complexity index is 526. The Labute approximate surface area is 108 Å². The Morgan fingerprint density at radius 1 is 1.39 bits per heavy atom. The van der Waals surface area contributed by atoms with E-state index < -0.39 is 21.0 Å². The Balaban J connectivity index is 2.79. The molecule has 0 aliphatic carbocycles. The smallest absolute Gasteiger partial charge is 0.242 e. The topological polar surface area (TPSA) is 75.3 Å². The molecule has 0 bridgehead atoms. The van der Waals surface area contributed by atoms with Gasteiger partial charge >= 0.3 is 0 Å². The maximum Gasteiger partial charge on any atom is 0.242 e. The fourth-order valence-electron chi connectivity index (χ4n) is 1.40. The molecule has 1 aromatic carbocycles. The normalized spacial score (nSPS) is 13.1. The van der Waals surface area contributed by atoms with E-state index in [1.54, 1.807) is 6.07 Å². The zero-order chi connectivity index (χ0) is 13.8. The number of sulfone groups is 1. The first-order valence-electron chi connectivity index (χ1n) is 5.58. The summed E-state index contributed by atoms with van der Waals surface area (Å²) in [7, 11) is -1.54. The molecule has 1 atom stereocenters. The lowest BCUT2D eigenvalue weighted by Crippen LogP contribution is -2.31. The number of hydrogen-bond donors (Lipinski definition) is 2. The van der Waals surface area contributed by atoms with Gasteiger partial charge in [0.2, 0.25) is 5.91 Å². The number of benzene rings is 1. The fourth-order valence-corrected chi connectivity index (χ4v) is 1.85. The SMILES string of the molecule is CNCc1cccc(NC(=O)C(C)S(C)(=O)=O)c1. The van der Waals surface area contributed by atoms with Crippen LogP contribution in [0.15, 0.2) is 24.3 Å². The van der Waals surface area contributed by atoms with Gasteiger partial charge in [0.25, 0.3) is 0 Å². The summed E-state index contributed by atoms with van der Waals surface area (Å²) >= 11 is 0. The van der Waals surface area contributed by atoms with Crippen LogP contribution in [0.4, 0.5) is 5.69 Å². The first-order chi connectivity index (χ1) is 8.34. The minimum atomic E-state index is -3.37. The number of hydrogen-bond acceptors (Lipinski definition) is 4. The highest BCUT2D eigenvalue weighted by Gasteiger charge is 2.23. The number of rotatable bonds is 5. The van der Waals surface area contributed by atoms with Gasteiger partial charge in [-0.2, -0.15) is 0 Å². The van der Waals surface area contributed by atoms with E-state index in [1.807, 2.05) is 25.2 Å². The highest BCUT2D eigenvalue weighted by atomic mass is 32.2. The second kappa shape index (κ2) is 5.97. The summed E-state index contributed by atoms with van der Waals surface area (Å²) in [6, 6.07) is 7.27. The number of carbonyl (C=O) groups excluding carboxylic acids is 1. The first-order valence-corrected chi connectivity index (χ1v) is 7.53. The second-order valence-electron chi connectivity index (χ2n) is 4.19. The highest BCUT2D eigenvalue weighted by molar-refractivity contribution is 7.92. The van der Waals surface area contributed by atoms with Crippen LogP contribution in [0.5, 0.6) is 0 Å². The largest absolute Gasteiger partial charge is 0.325 e. The van der Waals surface area contributed by atoms with Gasteiger partial charge in [0, 0.05) is 18.5 Å². The molecule has 1 aromatic rings. The molecule has 0 fully saturated rings. The van der Waals surface area contributed by atoms with Gasteiger partial charge in [-0.15, -0.1) is 0 Å². The van der Waals surface area contributed by atoms with Crippen molar-refractivity contribution in [2.75, 3.05) is 18.6 Å². The molecule has 0 radical (unpaired) electrons. The molecule has 0 heterocycles. The van der Waals surface area contributed by atoms with E-state index in [0.717, 1.165) is 11.8 Å². The maximum absolute atomic E-state index is 11.7. The maximum atomic E-state index is 11.7. The van der Waals surface area contributed by atoms with Crippen LogP contribution >= 0.6 is 0 Å². The van der Waals surface area contributed by atoms with Crippen LogP contribution in [-0.2, 0) is 21.2 Å². The van der Waals surface area contributed by atoms with Gasteiger partial charge in [0.15, 0.2) is 9.84 Å². The zero-order valence-electron chi connectivity index (χ0n) is 10.7. The summed E-state index contributed by atoms with van der Waals surface area (Å²) in [5, 5.41) is 4.55. The summed E-state index contributed by atoms with van der Waals surface area (Å²) in [6.45, 7) is 2.06. The Morgan fingerprint density at radius 2 is 2.06 bits per heavy atom. The molecule has 1 unspecified atom stereocenters. The molecule has 0 aliphatic rings. The van der Waals surface area contributed by atoms with Crippen LogP contribution in [0.2, 0.25) is 0 Å². The number of carbonyl (C=O) groups is 1. The third-order valence-electron chi connectivity index (χ3n) is 2.59. The molecule has 1 rings (SSSR count). The molecular formula is C12H18N2O3S. The van der Waals surface area contributed by atoms with Gasteiger partial charge in [0.1, 0.15) is 5.25 Å². The Kier molecular flexibility index (Phi) is 4.86. The first kappa shape index (κ1) is 14.7. The van der Waals surface area contributed by atoms with E-state index in [0.29, 0.717) is 12.2 Å². The molecule has 1 amide bonds. The monoisotopic (exact) mass is 270 g/mol. The van der Waals surface area contributed by atoms with Crippen LogP contribution in [0.3, 0.4) is 0 Å². The molecule has 0 spiro atoms. The average Bonchev–Trinajstić information content (AvgIpc) is 2.27. The molecule has 6 heteroatoms. The fraction of sp³-hybridized carbons (Fsp3) is 0.417. The van der Waals surface area contributed by atoms with Crippen LogP contribution in [0, 0.1) is 0 Å². The van der Waals surface area contributed by atoms with Crippen molar-refractivity contribution in [3.63, 3.8) is 0 Å². The predicted molar refractivity (Wildman–Crippen MR) is 72.1 cm³/mol. The van der Waals surface area contributed by atoms with Gasteiger partial charge in [0.05, 0.1) is 0 Å². The van der Waals surface area contributed by atoms with Crippen molar-refractivity contribution < 1.29 is 13.2 Å². The van der Waals surface area contributed by atoms with Crippen molar-refractivity contribution >= 4 is 21.4 Å². The summed E-state index contributed by atoms with van der Waals surface area (Å²) in [4.78, 5) is 11.7. The van der Waals surface area contributed by atoms with Gasteiger partial charge < -0.3 is 10.6 Å². The van der Waals surface area contributed by atoms with Crippen molar-refractivity contribution in [1.29, 1.82) is 0 Å². The van der Waals surface area contributed by atoms with Gasteiger partial charge in [-0.05, 0) is 31.7 Å². The van der Waals surface area contributed by atoms with E-state index in [4.69, 9.17) is 0 Å². The van der Waals surface area contributed by atoms with Gasteiger partial charge in [-0.3, -0.25) is 4.79 Å². The van der Waals surface area contributed by atoms with Crippen molar-refractivity contribution in [3.8, 4) is 0 Å². The van der Waals surface area contributed by atoms with Crippen LogP contribution in [-0.4, -0.2) is 32.9 Å². The van der Waals surface area contributed by atoms with Gasteiger partial charge in [-0.1, -0.05) is 12.1 Å². The van der Waals surface area contributed by atoms with E-state index in [1.165, 1.54) is 6.92 Å². The Morgan fingerprint density at radius 3 is 2.61 bits per heavy atom. The van der Waals surface area contributed by atoms with Gasteiger partial charge in [-0.25, -0.2) is 8.42 Å². The molecule has 0 aromatic heterocycles. The van der Waals surface area contributed by atoms with Crippen LogP contribution in [0.1, 0.15) is 12.5 Å². The summed E-state index contributed by atoms with van der Waals surface area (Å²) in [6.07, 6.45) is 1.05. The minimum Gasteiger partial charge on any atom is -0.325 e. The summed E-state index contributed by atoms with van der Waals surface area (Å²) in [5.41, 5.74) is 1.62. The number of amides is 1. The van der Waals surface area contributed by atoms with Crippen LogP contribution < -0.4 is 10.6 Å². The third kappa shape index (κ3) is 4.12. The summed E-state index contributed by atoms with van der Waals surface area (Å²) in [5.74, 6) is -0.515. The lowest BCUT2D eigenvalue weighted by atomic mass is 10.2. The molecular weight excluding hydrogens is 252 g/mol. The minimum absolute atomic E-state index is 0.515. The zero-order valence-corrected chi connectivity index (χ0v) is 11.5. The highest BCUT2D eigenvalue weighted by Crippen LogP contribution is 2.12. The summed E-state index contributed by atoms with van der Waals surface area (Å²) < 4.78 is 22.5. The lowest BCUT2D eigenvalue weighted by Gasteiger charge is -2.11. The molecule has 0 aliphatic heterocycles. The molecule has 100 valence electrons. The van der Waals surface area contributed by atoms with E-state index >= 15 is 0 Å². The molecule has 18 heavy (non-hydrogen) atoms. The molecule has 0 saturated carbocycles. The van der Waals surface area contributed by atoms with E-state index in [2.05, 4.69) is 10.6 Å². The average molecular weight is 270 g/mol. The van der Waals surface area contributed by atoms with Crippen LogP contribution in [0.25, 0.3) is 0 Å². The third-order valence-corrected chi connectivity index (χ3v) is 4.09. The van der Waals surface area contributed by atoms with E-state index in [9.17, 15) is 13.2 Å². The standard InChI is InChI=1S/C12H18N2O3S/c1-9(18(3,16)17)12(15)14-11-6-4-5-10(7-11)8-13-2/h4-7,9,13H,8H2,1-3H3,(H,14,15). The second-order valence-corrected chi connectivity index (χ2v) is 6.56. The van der Waals surface area contributed by atoms with Crippen molar-refractivity contribution in [2.45, 2.75) is 18.7 Å².